The van der Waals surface area contributed by atoms with Crippen LogP contribution in [0.15, 0.2) is 12.3 Å². The molecule has 4 heteroatoms. The van der Waals surface area contributed by atoms with Crippen molar-refractivity contribution in [3.8, 4) is 0 Å². The molecule has 0 saturated carbocycles. The maximum absolute atomic E-state index is 11.2. The monoisotopic (exact) mass is 221 g/mol. The predicted molar refractivity (Wildman–Crippen MR) is 61.9 cm³/mol. The molecule has 1 aliphatic rings. The van der Waals surface area contributed by atoms with Crippen LogP contribution in [0.4, 0.5) is 0 Å². The predicted octanol–water partition coefficient (Wildman–Crippen LogP) is 1.36. The molecule has 4 nitrogen and oxygen atoms in total. The number of aromatic nitrogens is 2. The summed E-state index contributed by atoms with van der Waals surface area (Å²) >= 11 is 0. The van der Waals surface area contributed by atoms with E-state index in [9.17, 15) is 4.79 Å². The Morgan fingerprint density at radius 1 is 1.62 bits per heavy atom. The van der Waals surface area contributed by atoms with Crippen LogP contribution in [-0.4, -0.2) is 33.1 Å². The van der Waals surface area contributed by atoms with Gasteiger partial charge in [0, 0.05) is 32.3 Å². The molecule has 0 spiro atoms. The zero-order valence-electron chi connectivity index (χ0n) is 10.0. The highest BCUT2D eigenvalue weighted by molar-refractivity contribution is 5.76. The molecule has 2 heterocycles. The number of carbonyl (C=O) groups excluding carboxylic acids is 1. The molecule has 0 amide bonds. The Morgan fingerprint density at radius 3 is 3.06 bits per heavy atom. The van der Waals surface area contributed by atoms with E-state index in [0.29, 0.717) is 12.5 Å². The van der Waals surface area contributed by atoms with Gasteiger partial charge in [-0.1, -0.05) is 0 Å². The van der Waals surface area contributed by atoms with Crippen molar-refractivity contribution in [2.24, 2.45) is 7.05 Å². The number of ketones is 1. The summed E-state index contributed by atoms with van der Waals surface area (Å²) in [6.07, 6.45) is 5.00. The number of hydrogen-bond acceptors (Lipinski definition) is 3. The second-order valence-corrected chi connectivity index (χ2v) is 4.65. The van der Waals surface area contributed by atoms with Crippen LogP contribution in [-0.2, 0) is 18.4 Å². The fourth-order valence-corrected chi connectivity index (χ4v) is 2.42. The van der Waals surface area contributed by atoms with Gasteiger partial charge in [-0.25, -0.2) is 0 Å². The summed E-state index contributed by atoms with van der Waals surface area (Å²) in [5.41, 5.74) is 1.10. The number of hydrogen-bond donors (Lipinski definition) is 0. The lowest BCUT2D eigenvalue weighted by molar-refractivity contribution is -0.118. The maximum Gasteiger partial charge on any atom is 0.131 e. The van der Waals surface area contributed by atoms with E-state index in [1.165, 1.54) is 6.42 Å². The molecule has 1 saturated heterocycles. The SMILES string of the molecule is CC(=O)CC1CCCN1Cc1ccn(C)n1. The van der Waals surface area contributed by atoms with E-state index in [1.807, 2.05) is 24.0 Å². The van der Waals surface area contributed by atoms with Crippen LogP contribution in [0.3, 0.4) is 0 Å². The van der Waals surface area contributed by atoms with Crippen molar-refractivity contribution >= 4 is 5.78 Å². The molecule has 0 aromatic carbocycles. The molecule has 16 heavy (non-hydrogen) atoms. The third kappa shape index (κ3) is 2.70. The van der Waals surface area contributed by atoms with Crippen LogP contribution in [0.2, 0.25) is 0 Å². The van der Waals surface area contributed by atoms with Crippen molar-refractivity contribution in [3.05, 3.63) is 18.0 Å². The van der Waals surface area contributed by atoms with Crippen LogP contribution in [0.5, 0.6) is 0 Å². The van der Waals surface area contributed by atoms with Gasteiger partial charge in [0.1, 0.15) is 5.78 Å². The highest BCUT2D eigenvalue weighted by Gasteiger charge is 2.25. The summed E-state index contributed by atoms with van der Waals surface area (Å²) in [6.45, 7) is 3.64. The van der Waals surface area contributed by atoms with E-state index in [2.05, 4.69) is 10.00 Å². The summed E-state index contributed by atoms with van der Waals surface area (Å²) in [5.74, 6) is 0.290. The van der Waals surface area contributed by atoms with Gasteiger partial charge < -0.3 is 0 Å². The van der Waals surface area contributed by atoms with Gasteiger partial charge in [0.25, 0.3) is 0 Å². The molecule has 1 aromatic rings. The van der Waals surface area contributed by atoms with Gasteiger partial charge in [0.2, 0.25) is 0 Å². The van der Waals surface area contributed by atoms with Gasteiger partial charge in [-0.05, 0) is 32.4 Å². The Labute approximate surface area is 96.2 Å². The molecule has 0 radical (unpaired) electrons. The average molecular weight is 221 g/mol. The first kappa shape index (κ1) is 11.3. The van der Waals surface area contributed by atoms with Gasteiger partial charge in [-0.3, -0.25) is 14.4 Å². The van der Waals surface area contributed by atoms with E-state index in [4.69, 9.17) is 0 Å². The average Bonchev–Trinajstić information content (AvgIpc) is 2.77. The van der Waals surface area contributed by atoms with Gasteiger partial charge in [0.15, 0.2) is 0 Å². The van der Waals surface area contributed by atoms with E-state index >= 15 is 0 Å². The normalized spacial score (nSPS) is 21.5. The van der Waals surface area contributed by atoms with Crippen LogP contribution in [0.1, 0.15) is 31.9 Å². The molecule has 88 valence electrons. The van der Waals surface area contributed by atoms with Gasteiger partial charge >= 0.3 is 0 Å². The summed E-state index contributed by atoms with van der Waals surface area (Å²) in [7, 11) is 1.93. The first-order valence-corrected chi connectivity index (χ1v) is 5.87. The van der Waals surface area contributed by atoms with Crippen molar-refractivity contribution in [2.45, 2.75) is 38.8 Å². The van der Waals surface area contributed by atoms with E-state index in [-0.39, 0.29) is 5.78 Å². The Bertz CT molecular complexity index is 372. The standard InChI is InChI=1S/C12H19N3O/c1-10(16)8-12-4-3-6-15(12)9-11-5-7-14(2)13-11/h5,7,12H,3-4,6,8-9H2,1-2H3. The number of rotatable bonds is 4. The lowest BCUT2D eigenvalue weighted by Crippen LogP contribution is -2.30. The molecule has 1 unspecified atom stereocenters. The molecule has 1 fully saturated rings. The fraction of sp³-hybridized carbons (Fsp3) is 0.667. The quantitative estimate of drug-likeness (QED) is 0.770. The molecule has 2 rings (SSSR count). The summed E-state index contributed by atoms with van der Waals surface area (Å²) in [4.78, 5) is 13.5. The lowest BCUT2D eigenvalue weighted by Gasteiger charge is -2.22. The molecule has 0 aliphatic carbocycles. The minimum absolute atomic E-state index is 0.290. The number of aryl methyl sites for hydroxylation is 1. The van der Waals surface area contributed by atoms with Crippen LogP contribution in [0, 0.1) is 0 Å². The van der Waals surface area contributed by atoms with E-state index < -0.39 is 0 Å². The van der Waals surface area contributed by atoms with Crippen LogP contribution >= 0.6 is 0 Å². The van der Waals surface area contributed by atoms with Crippen molar-refractivity contribution in [1.82, 2.24) is 14.7 Å². The van der Waals surface area contributed by atoms with Crippen molar-refractivity contribution in [1.29, 1.82) is 0 Å². The zero-order valence-corrected chi connectivity index (χ0v) is 10.0. The maximum atomic E-state index is 11.2. The largest absolute Gasteiger partial charge is 0.300 e. The Kier molecular flexibility index (Phi) is 3.39. The van der Waals surface area contributed by atoms with Crippen LogP contribution in [0.25, 0.3) is 0 Å². The minimum atomic E-state index is 0.290. The molecule has 1 aliphatic heterocycles. The summed E-state index contributed by atoms with van der Waals surface area (Å²) < 4.78 is 1.82. The third-order valence-corrected chi connectivity index (χ3v) is 3.16. The van der Waals surface area contributed by atoms with Gasteiger partial charge in [0.05, 0.1) is 5.69 Å². The number of carbonyl (C=O) groups is 1. The second kappa shape index (κ2) is 4.78. The fourth-order valence-electron chi connectivity index (χ4n) is 2.42. The van der Waals surface area contributed by atoms with Crippen molar-refractivity contribution < 1.29 is 4.79 Å². The second-order valence-electron chi connectivity index (χ2n) is 4.65. The van der Waals surface area contributed by atoms with E-state index in [0.717, 1.165) is 25.2 Å². The Balaban J connectivity index is 1.95. The van der Waals surface area contributed by atoms with Crippen molar-refractivity contribution in [3.63, 3.8) is 0 Å². The van der Waals surface area contributed by atoms with Gasteiger partial charge in [-0.2, -0.15) is 5.10 Å². The van der Waals surface area contributed by atoms with Crippen LogP contribution < -0.4 is 0 Å². The van der Waals surface area contributed by atoms with Gasteiger partial charge in [-0.15, -0.1) is 0 Å². The van der Waals surface area contributed by atoms with Crippen molar-refractivity contribution in [2.75, 3.05) is 6.54 Å². The lowest BCUT2D eigenvalue weighted by atomic mass is 10.1. The molecule has 1 aromatic heterocycles. The topological polar surface area (TPSA) is 38.1 Å². The third-order valence-electron chi connectivity index (χ3n) is 3.16. The minimum Gasteiger partial charge on any atom is -0.300 e. The molecule has 0 N–H and O–H groups in total. The smallest absolute Gasteiger partial charge is 0.131 e. The number of likely N-dealkylation sites (tertiary alicyclic amines) is 1. The molecular formula is C12H19N3O. The highest BCUT2D eigenvalue weighted by atomic mass is 16.1. The first-order valence-electron chi connectivity index (χ1n) is 5.87. The zero-order chi connectivity index (χ0) is 11.5. The summed E-state index contributed by atoms with van der Waals surface area (Å²) in [5, 5.41) is 4.38. The Morgan fingerprint density at radius 2 is 2.44 bits per heavy atom. The molecule has 1 atom stereocenters. The highest BCUT2D eigenvalue weighted by Crippen LogP contribution is 2.22. The molecule has 0 bridgehead atoms. The number of Topliss-reactive ketones (excluding diaryl/α,β-unsaturated/α-hetero) is 1. The van der Waals surface area contributed by atoms with E-state index in [1.54, 1.807) is 6.92 Å². The summed E-state index contributed by atoms with van der Waals surface area (Å²) in [6, 6.07) is 2.47. The first-order chi connectivity index (χ1) is 7.65. The molecular weight excluding hydrogens is 202 g/mol. The Hall–Kier alpha value is -1.16. The number of nitrogens with zero attached hydrogens (tertiary/aromatic N) is 3.